The summed E-state index contributed by atoms with van der Waals surface area (Å²) in [6.45, 7) is 8.08. The molecule has 0 aliphatic carbocycles. The smallest absolute Gasteiger partial charge is 0.225 e. The van der Waals surface area contributed by atoms with Gasteiger partial charge in [0.05, 0.1) is 5.69 Å². The van der Waals surface area contributed by atoms with Gasteiger partial charge >= 0.3 is 0 Å². The molecule has 0 radical (unpaired) electrons. The summed E-state index contributed by atoms with van der Waals surface area (Å²) in [6.07, 6.45) is 5.85. The number of aryl methyl sites for hydroxylation is 3. The predicted octanol–water partition coefficient (Wildman–Crippen LogP) is 2.58. The predicted molar refractivity (Wildman–Crippen MR) is 82.5 cm³/mol. The van der Waals surface area contributed by atoms with E-state index in [-0.39, 0.29) is 0 Å². The lowest BCUT2D eigenvalue weighted by Gasteiger charge is -2.33. The Labute approximate surface area is 125 Å². The van der Waals surface area contributed by atoms with E-state index in [0.717, 1.165) is 36.8 Å². The van der Waals surface area contributed by atoms with Crippen molar-refractivity contribution >= 4 is 5.95 Å². The molecule has 0 amide bonds. The van der Waals surface area contributed by atoms with Crippen molar-refractivity contribution < 1.29 is 0 Å². The summed E-state index contributed by atoms with van der Waals surface area (Å²) >= 11 is 0. The van der Waals surface area contributed by atoms with Crippen molar-refractivity contribution in [2.24, 2.45) is 0 Å². The molecule has 1 aliphatic heterocycles. The van der Waals surface area contributed by atoms with Crippen molar-refractivity contribution in [3.8, 4) is 0 Å². The number of anilines is 1. The van der Waals surface area contributed by atoms with Gasteiger partial charge < -0.3 is 4.90 Å². The van der Waals surface area contributed by atoms with Gasteiger partial charge in [-0.25, -0.2) is 19.9 Å². The highest BCUT2D eigenvalue weighted by Crippen LogP contribution is 2.28. The van der Waals surface area contributed by atoms with Crippen LogP contribution in [0.4, 0.5) is 5.95 Å². The third-order valence-electron chi connectivity index (χ3n) is 4.00. The van der Waals surface area contributed by atoms with E-state index in [1.165, 1.54) is 17.7 Å². The van der Waals surface area contributed by atoms with Crippen molar-refractivity contribution in [3.63, 3.8) is 0 Å². The Hall–Kier alpha value is -2.04. The molecule has 0 spiro atoms. The van der Waals surface area contributed by atoms with Gasteiger partial charge in [0.25, 0.3) is 0 Å². The van der Waals surface area contributed by atoms with E-state index in [1.807, 2.05) is 26.1 Å². The van der Waals surface area contributed by atoms with Gasteiger partial charge in [-0.2, -0.15) is 0 Å². The first kappa shape index (κ1) is 13.9. The summed E-state index contributed by atoms with van der Waals surface area (Å²) in [6, 6.07) is 2.01. The van der Waals surface area contributed by atoms with Gasteiger partial charge in [-0.3, -0.25) is 0 Å². The van der Waals surface area contributed by atoms with Crippen LogP contribution >= 0.6 is 0 Å². The standard InChI is InChI=1S/C16H21N5/c1-11-8-17-10-18-15(11)14-5-4-6-21(9-14)16-19-12(2)7-13(3)20-16/h7-8,10,14H,4-6,9H2,1-3H3. The Morgan fingerprint density at radius 3 is 2.62 bits per heavy atom. The Morgan fingerprint density at radius 2 is 1.90 bits per heavy atom. The van der Waals surface area contributed by atoms with E-state index in [9.17, 15) is 0 Å². The van der Waals surface area contributed by atoms with E-state index in [1.54, 1.807) is 6.33 Å². The Bertz CT molecular complexity index is 620. The largest absolute Gasteiger partial charge is 0.340 e. The fourth-order valence-electron chi connectivity index (χ4n) is 3.07. The SMILES string of the molecule is Cc1cc(C)nc(N2CCCC(c3ncncc3C)C2)n1. The molecule has 3 heterocycles. The van der Waals surface area contributed by atoms with E-state index in [4.69, 9.17) is 0 Å². The minimum Gasteiger partial charge on any atom is -0.340 e. The molecule has 1 atom stereocenters. The van der Waals surface area contributed by atoms with Crippen LogP contribution in [0.25, 0.3) is 0 Å². The molecule has 21 heavy (non-hydrogen) atoms. The molecule has 2 aromatic heterocycles. The maximum atomic E-state index is 4.59. The lowest BCUT2D eigenvalue weighted by atomic mass is 9.92. The second-order valence-electron chi connectivity index (χ2n) is 5.83. The third kappa shape index (κ3) is 3.01. The van der Waals surface area contributed by atoms with Gasteiger partial charge in [0, 0.05) is 36.6 Å². The number of rotatable bonds is 2. The number of nitrogens with zero attached hydrogens (tertiary/aromatic N) is 5. The van der Waals surface area contributed by atoms with E-state index < -0.39 is 0 Å². The highest BCUT2D eigenvalue weighted by Gasteiger charge is 2.25. The van der Waals surface area contributed by atoms with E-state index in [2.05, 4.69) is 31.8 Å². The highest BCUT2D eigenvalue weighted by atomic mass is 15.3. The number of aromatic nitrogens is 4. The highest BCUT2D eigenvalue weighted by molar-refractivity contribution is 5.35. The van der Waals surface area contributed by atoms with Gasteiger partial charge in [-0.05, 0) is 45.2 Å². The molecule has 1 fully saturated rings. The molecule has 0 bridgehead atoms. The number of piperidine rings is 1. The summed E-state index contributed by atoms with van der Waals surface area (Å²) < 4.78 is 0. The van der Waals surface area contributed by atoms with Crippen LogP contribution in [-0.2, 0) is 0 Å². The van der Waals surface area contributed by atoms with Crippen LogP contribution in [0.5, 0.6) is 0 Å². The van der Waals surface area contributed by atoms with Gasteiger partial charge in [0.15, 0.2) is 0 Å². The fourth-order valence-corrected chi connectivity index (χ4v) is 3.07. The Morgan fingerprint density at radius 1 is 1.14 bits per heavy atom. The van der Waals surface area contributed by atoms with Gasteiger partial charge in [-0.15, -0.1) is 0 Å². The van der Waals surface area contributed by atoms with Crippen LogP contribution in [0.3, 0.4) is 0 Å². The zero-order valence-corrected chi connectivity index (χ0v) is 12.9. The first-order valence-corrected chi connectivity index (χ1v) is 7.47. The van der Waals surface area contributed by atoms with Crippen LogP contribution in [0, 0.1) is 20.8 Å². The van der Waals surface area contributed by atoms with Crippen LogP contribution in [0.1, 0.15) is 41.4 Å². The Balaban J connectivity index is 1.84. The zero-order chi connectivity index (χ0) is 14.8. The monoisotopic (exact) mass is 283 g/mol. The molecule has 3 rings (SSSR count). The van der Waals surface area contributed by atoms with Crippen LogP contribution in [0.15, 0.2) is 18.6 Å². The maximum absolute atomic E-state index is 4.59. The molecule has 1 unspecified atom stereocenters. The van der Waals surface area contributed by atoms with Gasteiger partial charge in [-0.1, -0.05) is 0 Å². The average Bonchev–Trinajstić information content (AvgIpc) is 2.47. The van der Waals surface area contributed by atoms with Gasteiger partial charge in [0.1, 0.15) is 6.33 Å². The van der Waals surface area contributed by atoms with Crippen molar-refractivity contribution in [1.82, 2.24) is 19.9 Å². The molecule has 0 saturated carbocycles. The second kappa shape index (κ2) is 5.76. The molecule has 0 N–H and O–H groups in total. The minimum absolute atomic E-state index is 0.436. The molecule has 1 aliphatic rings. The Kier molecular flexibility index (Phi) is 3.82. The zero-order valence-electron chi connectivity index (χ0n) is 12.9. The summed E-state index contributed by atoms with van der Waals surface area (Å²) in [4.78, 5) is 20.0. The van der Waals surface area contributed by atoms with Crippen molar-refractivity contribution in [2.75, 3.05) is 18.0 Å². The first-order valence-electron chi connectivity index (χ1n) is 7.47. The van der Waals surface area contributed by atoms with Crippen LogP contribution in [-0.4, -0.2) is 33.0 Å². The summed E-state index contributed by atoms with van der Waals surface area (Å²) in [5, 5.41) is 0. The van der Waals surface area contributed by atoms with Crippen molar-refractivity contribution in [2.45, 2.75) is 39.5 Å². The molecular weight excluding hydrogens is 262 g/mol. The minimum atomic E-state index is 0.436. The lowest BCUT2D eigenvalue weighted by molar-refractivity contribution is 0.492. The molecule has 1 saturated heterocycles. The first-order chi connectivity index (χ1) is 10.1. The molecular formula is C16H21N5. The molecule has 110 valence electrons. The van der Waals surface area contributed by atoms with Crippen molar-refractivity contribution in [1.29, 1.82) is 0 Å². The number of hydrogen-bond donors (Lipinski definition) is 0. The molecule has 0 aromatic carbocycles. The third-order valence-corrected chi connectivity index (χ3v) is 4.00. The van der Waals surface area contributed by atoms with Gasteiger partial charge in [0.2, 0.25) is 5.95 Å². The topological polar surface area (TPSA) is 54.8 Å². The molecule has 2 aromatic rings. The van der Waals surface area contributed by atoms with Crippen LogP contribution < -0.4 is 4.90 Å². The average molecular weight is 283 g/mol. The second-order valence-corrected chi connectivity index (χ2v) is 5.83. The normalized spacial score (nSPS) is 18.8. The molecule has 5 heteroatoms. The number of hydrogen-bond acceptors (Lipinski definition) is 5. The summed E-state index contributed by atoms with van der Waals surface area (Å²) in [7, 11) is 0. The van der Waals surface area contributed by atoms with Crippen molar-refractivity contribution in [3.05, 3.63) is 41.2 Å². The fraction of sp³-hybridized carbons (Fsp3) is 0.500. The molecule has 5 nitrogen and oxygen atoms in total. The summed E-state index contributed by atoms with van der Waals surface area (Å²) in [5.41, 5.74) is 4.39. The maximum Gasteiger partial charge on any atom is 0.225 e. The van der Waals surface area contributed by atoms with Crippen LogP contribution in [0.2, 0.25) is 0 Å². The quantitative estimate of drug-likeness (QED) is 0.848. The van der Waals surface area contributed by atoms with E-state index >= 15 is 0 Å². The lowest BCUT2D eigenvalue weighted by Crippen LogP contribution is -2.36. The van der Waals surface area contributed by atoms with E-state index in [0.29, 0.717) is 5.92 Å². The summed E-state index contributed by atoms with van der Waals surface area (Å²) in [5.74, 6) is 1.29.